The molecule has 1 atom stereocenters. The molecule has 1 aromatic carbocycles. The molecule has 1 aliphatic rings. The average molecular weight is 373 g/mol. The smallest absolute Gasteiger partial charge is 0.338 e. The number of nitrogens with one attached hydrogen (secondary N) is 2. The lowest BCUT2D eigenvalue weighted by Gasteiger charge is -2.29. The maximum Gasteiger partial charge on any atom is 0.338 e. The highest BCUT2D eigenvalue weighted by Crippen LogP contribution is 2.30. The van der Waals surface area contributed by atoms with Gasteiger partial charge in [0.25, 0.3) is 0 Å². The summed E-state index contributed by atoms with van der Waals surface area (Å²) >= 11 is 1.38. The molecule has 0 saturated carbocycles. The molecule has 26 heavy (non-hydrogen) atoms. The molecule has 0 fully saturated rings. The molecule has 1 aliphatic heterocycles. The number of amides is 2. The van der Waals surface area contributed by atoms with Crippen molar-refractivity contribution in [3.63, 3.8) is 0 Å². The highest BCUT2D eigenvalue weighted by Gasteiger charge is 2.33. The molecule has 3 rings (SSSR count). The van der Waals surface area contributed by atoms with Gasteiger partial charge in [0.2, 0.25) is 0 Å². The predicted molar refractivity (Wildman–Crippen MR) is 96.2 cm³/mol. The maximum atomic E-state index is 12.6. The fraction of sp³-hybridized carbons (Fsp3) is 0.294. The van der Waals surface area contributed by atoms with Crippen molar-refractivity contribution in [1.82, 2.24) is 25.4 Å². The predicted octanol–water partition coefficient (Wildman–Crippen LogP) is 1.78. The number of carbonyl (C=O) groups is 2. The van der Waals surface area contributed by atoms with E-state index in [-0.39, 0.29) is 12.6 Å². The zero-order valence-corrected chi connectivity index (χ0v) is 15.2. The van der Waals surface area contributed by atoms with E-state index in [4.69, 9.17) is 4.74 Å². The molecule has 9 heteroatoms. The van der Waals surface area contributed by atoms with Crippen LogP contribution in [-0.4, -0.2) is 39.1 Å². The monoisotopic (exact) mass is 373 g/mol. The molecule has 0 aliphatic carbocycles. The first kappa shape index (κ1) is 18.0. The van der Waals surface area contributed by atoms with E-state index in [0.29, 0.717) is 22.2 Å². The molecule has 2 N–H and O–H groups in total. The largest absolute Gasteiger partial charge is 0.463 e. The number of hydrogen-bond acceptors (Lipinski definition) is 6. The minimum Gasteiger partial charge on any atom is -0.463 e. The molecule has 0 unspecified atom stereocenters. The second kappa shape index (κ2) is 8.05. The van der Waals surface area contributed by atoms with Crippen LogP contribution in [0.2, 0.25) is 0 Å². The van der Waals surface area contributed by atoms with Crippen LogP contribution in [0.4, 0.5) is 4.79 Å². The Morgan fingerprint density at radius 2 is 2.12 bits per heavy atom. The number of benzene rings is 1. The summed E-state index contributed by atoms with van der Waals surface area (Å²) in [6.45, 7) is 2.00. The van der Waals surface area contributed by atoms with Crippen molar-refractivity contribution in [1.29, 1.82) is 0 Å². The molecule has 8 nitrogen and oxygen atoms in total. The van der Waals surface area contributed by atoms with Crippen molar-refractivity contribution in [3.05, 3.63) is 53.5 Å². The Morgan fingerprint density at radius 1 is 1.35 bits per heavy atom. The summed E-state index contributed by atoms with van der Waals surface area (Å²) in [5, 5.41) is 14.1. The van der Waals surface area contributed by atoms with Gasteiger partial charge in [-0.15, -0.1) is 10.2 Å². The zero-order valence-electron chi connectivity index (χ0n) is 14.4. The van der Waals surface area contributed by atoms with Crippen molar-refractivity contribution < 1.29 is 14.3 Å². The van der Waals surface area contributed by atoms with E-state index < -0.39 is 12.0 Å². The van der Waals surface area contributed by atoms with Gasteiger partial charge in [-0.25, -0.2) is 9.59 Å². The van der Waals surface area contributed by atoms with E-state index >= 15 is 0 Å². The fourth-order valence-corrected chi connectivity index (χ4v) is 3.47. The standard InChI is InChI=1S/C17H19N5O3S/c1-3-25-15(23)13-12(9-26-17-21-18-10-22(17)2)19-16(24)20-14(13)11-7-5-4-6-8-11/h4-8,10,14H,3,9H2,1-2H3,(H2,19,20,24)/t14-/m0/s1. The van der Waals surface area contributed by atoms with Gasteiger partial charge in [-0.3, -0.25) is 0 Å². The fourth-order valence-electron chi connectivity index (χ4n) is 2.62. The average Bonchev–Trinajstić information content (AvgIpc) is 3.05. The first-order valence-electron chi connectivity index (χ1n) is 8.09. The van der Waals surface area contributed by atoms with Gasteiger partial charge in [-0.05, 0) is 12.5 Å². The highest BCUT2D eigenvalue weighted by atomic mass is 32.2. The van der Waals surface area contributed by atoms with E-state index in [9.17, 15) is 9.59 Å². The molecule has 0 spiro atoms. The molecular weight excluding hydrogens is 354 g/mol. The molecule has 2 heterocycles. The molecular formula is C17H19N5O3S. The lowest BCUT2D eigenvalue weighted by molar-refractivity contribution is -0.139. The summed E-state index contributed by atoms with van der Waals surface area (Å²) in [6, 6.07) is 8.40. The van der Waals surface area contributed by atoms with Crippen LogP contribution in [0.15, 0.2) is 53.1 Å². The first-order valence-corrected chi connectivity index (χ1v) is 9.08. The van der Waals surface area contributed by atoms with Crippen LogP contribution < -0.4 is 10.6 Å². The Labute approximate surface area is 155 Å². The summed E-state index contributed by atoms with van der Waals surface area (Å²) in [5.74, 6) is -0.0975. The van der Waals surface area contributed by atoms with Crippen molar-refractivity contribution in [2.45, 2.75) is 18.1 Å². The van der Waals surface area contributed by atoms with Gasteiger partial charge in [0.1, 0.15) is 6.33 Å². The van der Waals surface area contributed by atoms with E-state index in [2.05, 4.69) is 20.8 Å². The molecule has 0 saturated heterocycles. The Bertz CT molecular complexity index is 834. The third-order valence-electron chi connectivity index (χ3n) is 3.80. The Balaban J connectivity index is 1.96. The molecule has 0 bridgehead atoms. The molecule has 2 aromatic rings. The Morgan fingerprint density at radius 3 is 2.77 bits per heavy atom. The summed E-state index contributed by atoms with van der Waals surface area (Å²) < 4.78 is 7.00. The first-order chi connectivity index (χ1) is 12.6. The summed E-state index contributed by atoms with van der Waals surface area (Å²) in [4.78, 5) is 24.8. The number of ether oxygens (including phenoxy) is 1. The van der Waals surface area contributed by atoms with Gasteiger partial charge in [-0.1, -0.05) is 42.1 Å². The summed E-state index contributed by atoms with van der Waals surface area (Å²) in [6.07, 6.45) is 1.59. The third-order valence-corrected chi connectivity index (χ3v) is 4.86. The third kappa shape index (κ3) is 3.88. The van der Waals surface area contributed by atoms with Gasteiger partial charge in [-0.2, -0.15) is 0 Å². The number of esters is 1. The van der Waals surface area contributed by atoms with Crippen molar-refractivity contribution in [2.24, 2.45) is 7.05 Å². The van der Waals surface area contributed by atoms with Crippen LogP contribution in [-0.2, 0) is 16.6 Å². The molecule has 1 aromatic heterocycles. The van der Waals surface area contributed by atoms with Crippen molar-refractivity contribution >= 4 is 23.8 Å². The zero-order chi connectivity index (χ0) is 18.5. The summed E-state index contributed by atoms with van der Waals surface area (Å²) in [7, 11) is 1.83. The Kier molecular flexibility index (Phi) is 5.57. The van der Waals surface area contributed by atoms with Gasteiger partial charge in [0, 0.05) is 18.5 Å². The Hall–Kier alpha value is -2.81. The van der Waals surface area contributed by atoms with Crippen LogP contribution in [0.3, 0.4) is 0 Å². The maximum absolute atomic E-state index is 12.6. The number of carbonyl (C=O) groups excluding carboxylic acids is 2. The van der Waals surface area contributed by atoms with Crippen LogP contribution in [0.1, 0.15) is 18.5 Å². The number of aromatic nitrogens is 3. The van der Waals surface area contributed by atoms with E-state index in [1.54, 1.807) is 17.8 Å². The van der Waals surface area contributed by atoms with Crippen molar-refractivity contribution in [2.75, 3.05) is 12.4 Å². The number of hydrogen-bond donors (Lipinski definition) is 2. The minimum absolute atomic E-state index is 0.251. The number of nitrogens with zero attached hydrogens (tertiary/aromatic N) is 3. The number of rotatable bonds is 6. The van der Waals surface area contributed by atoms with Crippen LogP contribution in [0.5, 0.6) is 0 Å². The van der Waals surface area contributed by atoms with E-state index in [1.165, 1.54) is 11.8 Å². The number of urea groups is 1. The van der Waals surface area contributed by atoms with Crippen LogP contribution in [0, 0.1) is 0 Å². The van der Waals surface area contributed by atoms with Gasteiger partial charge in [0.05, 0.1) is 18.2 Å². The van der Waals surface area contributed by atoms with Gasteiger partial charge >= 0.3 is 12.0 Å². The quantitative estimate of drug-likeness (QED) is 0.592. The van der Waals surface area contributed by atoms with E-state index in [0.717, 1.165) is 5.56 Å². The van der Waals surface area contributed by atoms with E-state index in [1.807, 2.05) is 37.4 Å². The van der Waals surface area contributed by atoms with Gasteiger partial charge in [0.15, 0.2) is 5.16 Å². The second-order valence-corrected chi connectivity index (χ2v) is 6.51. The van der Waals surface area contributed by atoms with Gasteiger partial charge < -0.3 is 19.9 Å². The van der Waals surface area contributed by atoms with Crippen molar-refractivity contribution in [3.8, 4) is 0 Å². The van der Waals surface area contributed by atoms with Crippen LogP contribution in [0.25, 0.3) is 0 Å². The molecule has 136 valence electrons. The number of aryl methyl sites for hydroxylation is 1. The van der Waals surface area contributed by atoms with Crippen LogP contribution >= 0.6 is 11.8 Å². The summed E-state index contributed by atoms with van der Waals surface area (Å²) in [5.41, 5.74) is 1.72. The second-order valence-electron chi connectivity index (χ2n) is 5.57. The lowest BCUT2D eigenvalue weighted by atomic mass is 9.95. The number of thioether (sulfide) groups is 1. The lowest BCUT2D eigenvalue weighted by Crippen LogP contribution is -2.46. The topological polar surface area (TPSA) is 98.1 Å². The SMILES string of the molecule is CCOC(=O)C1=C(CSc2nncn2C)NC(=O)N[C@H]1c1ccccc1. The molecule has 2 amide bonds. The minimum atomic E-state index is -0.570. The normalized spacial score (nSPS) is 16.8. The highest BCUT2D eigenvalue weighted by molar-refractivity contribution is 7.99. The molecule has 0 radical (unpaired) electrons.